The number of anilines is 1. The Morgan fingerprint density at radius 3 is 2.57 bits per heavy atom. The lowest BCUT2D eigenvalue weighted by Crippen LogP contribution is -2.33. The molecule has 2 aromatic carbocycles. The van der Waals surface area contributed by atoms with E-state index in [1.165, 1.54) is 11.8 Å². The summed E-state index contributed by atoms with van der Waals surface area (Å²) >= 11 is 7.45. The third-order valence-electron chi connectivity index (χ3n) is 4.78. The van der Waals surface area contributed by atoms with Crippen molar-refractivity contribution in [1.29, 1.82) is 0 Å². The van der Waals surface area contributed by atoms with Gasteiger partial charge in [0.25, 0.3) is 5.56 Å². The van der Waals surface area contributed by atoms with Crippen LogP contribution in [0.15, 0.2) is 64.5 Å². The van der Waals surface area contributed by atoms with Crippen LogP contribution in [0.2, 0.25) is 5.02 Å². The molecule has 5 nitrogen and oxygen atoms in total. The lowest BCUT2D eigenvalue weighted by atomic mass is 9.87. The predicted octanol–water partition coefficient (Wildman–Crippen LogP) is 4.20. The SMILES string of the molecule is Cn1c(SCc2ccccc2)nc(=O)c2c1NC(=O)CC2c1ccc(Cl)cc1. The molecule has 0 saturated heterocycles. The molecule has 1 aromatic heterocycles. The van der Waals surface area contributed by atoms with Crippen LogP contribution < -0.4 is 10.9 Å². The fraction of sp³-hybridized carbons (Fsp3) is 0.190. The maximum absolute atomic E-state index is 12.9. The van der Waals surface area contributed by atoms with Gasteiger partial charge in [0.15, 0.2) is 5.16 Å². The van der Waals surface area contributed by atoms with E-state index in [1.54, 1.807) is 16.7 Å². The number of amides is 1. The molecule has 1 aliphatic heterocycles. The van der Waals surface area contributed by atoms with Crippen LogP contribution in [0.25, 0.3) is 0 Å². The highest BCUT2D eigenvalue weighted by Crippen LogP contribution is 2.36. The summed E-state index contributed by atoms with van der Waals surface area (Å²) in [7, 11) is 1.82. The average Bonchev–Trinajstić information content (AvgIpc) is 2.70. The third-order valence-corrected chi connectivity index (χ3v) is 6.14. The second kappa shape index (κ2) is 7.81. The van der Waals surface area contributed by atoms with Gasteiger partial charge in [-0.25, -0.2) is 0 Å². The number of nitrogens with zero attached hydrogens (tertiary/aromatic N) is 2. The van der Waals surface area contributed by atoms with Gasteiger partial charge in [0.05, 0.1) is 5.56 Å². The van der Waals surface area contributed by atoms with E-state index in [0.717, 1.165) is 11.1 Å². The number of rotatable bonds is 4. The summed E-state index contributed by atoms with van der Waals surface area (Å²) in [5.41, 5.74) is 2.24. The molecule has 0 radical (unpaired) electrons. The molecule has 0 saturated carbocycles. The van der Waals surface area contributed by atoms with E-state index in [4.69, 9.17) is 11.6 Å². The van der Waals surface area contributed by atoms with E-state index in [1.807, 2.05) is 49.5 Å². The summed E-state index contributed by atoms with van der Waals surface area (Å²) in [5.74, 6) is 0.758. The average molecular weight is 412 g/mol. The Kier molecular flexibility index (Phi) is 5.24. The first-order chi connectivity index (χ1) is 13.5. The number of aromatic nitrogens is 2. The molecular weight excluding hydrogens is 394 g/mol. The summed E-state index contributed by atoms with van der Waals surface area (Å²) in [6, 6.07) is 17.2. The van der Waals surface area contributed by atoms with Crippen LogP contribution in [0.4, 0.5) is 5.82 Å². The Hall–Kier alpha value is -2.57. The highest BCUT2D eigenvalue weighted by atomic mass is 35.5. The van der Waals surface area contributed by atoms with Crippen molar-refractivity contribution in [2.45, 2.75) is 23.2 Å². The van der Waals surface area contributed by atoms with Crippen molar-refractivity contribution < 1.29 is 4.79 Å². The van der Waals surface area contributed by atoms with Gasteiger partial charge >= 0.3 is 0 Å². The largest absolute Gasteiger partial charge is 0.312 e. The van der Waals surface area contributed by atoms with Crippen LogP contribution in [0.5, 0.6) is 0 Å². The van der Waals surface area contributed by atoms with E-state index < -0.39 is 0 Å². The molecule has 4 rings (SSSR count). The topological polar surface area (TPSA) is 64.0 Å². The number of hydrogen-bond acceptors (Lipinski definition) is 4. The Morgan fingerprint density at radius 2 is 1.86 bits per heavy atom. The quantitative estimate of drug-likeness (QED) is 0.516. The third kappa shape index (κ3) is 3.70. The fourth-order valence-corrected chi connectivity index (χ4v) is 4.41. The van der Waals surface area contributed by atoms with Crippen LogP contribution >= 0.6 is 23.4 Å². The number of benzene rings is 2. The van der Waals surface area contributed by atoms with Gasteiger partial charge in [-0.1, -0.05) is 65.8 Å². The van der Waals surface area contributed by atoms with Crippen LogP contribution in [-0.2, 0) is 17.6 Å². The zero-order chi connectivity index (χ0) is 19.7. The Balaban J connectivity index is 1.72. The Morgan fingerprint density at radius 1 is 1.14 bits per heavy atom. The van der Waals surface area contributed by atoms with E-state index in [9.17, 15) is 9.59 Å². The molecule has 3 aromatic rings. The van der Waals surface area contributed by atoms with Crippen molar-refractivity contribution in [3.63, 3.8) is 0 Å². The second-order valence-corrected chi connectivity index (χ2v) is 8.03. The second-order valence-electron chi connectivity index (χ2n) is 6.65. The molecule has 2 heterocycles. The van der Waals surface area contributed by atoms with Gasteiger partial charge in [-0.15, -0.1) is 0 Å². The molecule has 0 aliphatic carbocycles. The van der Waals surface area contributed by atoms with Crippen molar-refractivity contribution >= 4 is 35.1 Å². The zero-order valence-electron chi connectivity index (χ0n) is 15.2. The normalized spacial score (nSPS) is 15.8. The molecule has 1 unspecified atom stereocenters. The molecule has 0 bridgehead atoms. The standard InChI is InChI=1S/C21H18ClN3O2S/c1-25-19-18(16(11-17(26)23-19)14-7-9-15(22)10-8-14)20(27)24-21(25)28-12-13-5-3-2-4-6-13/h2-10,16H,11-12H2,1H3,(H,23,26). The minimum Gasteiger partial charge on any atom is -0.312 e. The van der Waals surface area contributed by atoms with E-state index in [2.05, 4.69) is 10.3 Å². The summed E-state index contributed by atoms with van der Waals surface area (Å²) in [6.07, 6.45) is 0.210. The van der Waals surface area contributed by atoms with Crippen molar-refractivity contribution in [2.75, 3.05) is 5.32 Å². The number of halogens is 1. The van der Waals surface area contributed by atoms with Gasteiger partial charge in [-0.2, -0.15) is 4.98 Å². The predicted molar refractivity (Wildman–Crippen MR) is 112 cm³/mol. The van der Waals surface area contributed by atoms with Crippen molar-refractivity contribution in [3.8, 4) is 0 Å². The number of fused-ring (bicyclic) bond motifs is 1. The molecule has 1 N–H and O–H groups in total. The fourth-order valence-electron chi connectivity index (χ4n) is 3.37. The van der Waals surface area contributed by atoms with E-state index in [0.29, 0.717) is 27.3 Å². The minimum atomic E-state index is -0.333. The summed E-state index contributed by atoms with van der Waals surface area (Å²) < 4.78 is 1.80. The highest BCUT2D eigenvalue weighted by molar-refractivity contribution is 7.98. The van der Waals surface area contributed by atoms with Gasteiger partial charge in [0.2, 0.25) is 5.91 Å². The number of carbonyl (C=O) groups excluding carboxylic acids is 1. The molecule has 1 atom stereocenters. The maximum atomic E-state index is 12.9. The summed E-state index contributed by atoms with van der Waals surface area (Å²) in [5, 5.41) is 4.05. The van der Waals surface area contributed by atoms with Gasteiger partial charge in [-0.05, 0) is 23.3 Å². The molecule has 28 heavy (non-hydrogen) atoms. The van der Waals surface area contributed by atoms with E-state index >= 15 is 0 Å². The number of carbonyl (C=O) groups is 1. The maximum Gasteiger partial charge on any atom is 0.279 e. The first-order valence-electron chi connectivity index (χ1n) is 8.86. The molecule has 1 aliphatic rings. The van der Waals surface area contributed by atoms with Crippen molar-refractivity contribution in [3.05, 3.63) is 86.7 Å². The van der Waals surface area contributed by atoms with Crippen LogP contribution in [0, 0.1) is 0 Å². The first kappa shape index (κ1) is 18.8. The number of nitrogens with one attached hydrogen (secondary N) is 1. The molecule has 1 amide bonds. The first-order valence-corrected chi connectivity index (χ1v) is 10.2. The summed E-state index contributed by atoms with van der Waals surface area (Å²) in [4.78, 5) is 29.6. The van der Waals surface area contributed by atoms with Crippen molar-refractivity contribution in [2.24, 2.45) is 7.05 Å². The van der Waals surface area contributed by atoms with Crippen LogP contribution in [0.3, 0.4) is 0 Å². The smallest absolute Gasteiger partial charge is 0.279 e. The number of thioether (sulfide) groups is 1. The van der Waals surface area contributed by atoms with Gasteiger partial charge < -0.3 is 9.88 Å². The molecule has 0 fully saturated rings. The molecule has 7 heteroatoms. The van der Waals surface area contributed by atoms with Crippen LogP contribution in [0.1, 0.15) is 29.0 Å². The lowest BCUT2D eigenvalue weighted by molar-refractivity contribution is -0.116. The molecule has 142 valence electrons. The van der Waals surface area contributed by atoms with Gasteiger partial charge in [0.1, 0.15) is 5.82 Å². The van der Waals surface area contributed by atoms with Gasteiger partial charge in [-0.3, -0.25) is 9.59 Å². The van der Waals surface area contributed by atoms with E-state index in [-0.39, 0.29) is 23.8 Å². The Bertz CT molecular complexity index is 1080. The van der Waals surface area contributed by atoms with Gasteiger partial charge in [0, 0.05) is 30.2 Å². The lowest BCUT2D eigenvalue weighted by Gasteiger charge is -2.27. The monoisotopic (exact) mass is 411 g/mol. The van der Waals surface area contributed by atoms with Crippen LogP contribution in [-0.4, -0.2) is 15.5 Å². The molecule has 0 spiro atoms. The zero-order valence-corrected chi connectivity index (χ0v) is 16.8. The molecular formula is C21H18ClN3O2S. The van der Waals surface area contributed by atoms with Crippen molar-refractivity contribution in [1.82, 2.24) is 9.55 Å². The minimum absolute atomic E-state index is 0.118. The Labute approximate surface area is 171 Å². The summed E-state index contributed by atoms with van der Waals surface area (Å²) in [6.45, 7) is 0. The number of hydrogen-bond donors (Lipinski definition) is 1. The highest BCUT2D eigenvalue weighted by Gasteiger charge is 2.32.